The maximum Gasteiger partial charge on any atom is 0.142 e. The van der Waals surface area contributed by atoms with Crippen molar-refractivity contribution in [3.8, 4) is 11.5 Å². The van der Waals surface area contributed by atoms with E-state index >= 15 is 0 Å². The average molecular weight is 368 g/mol. The van der Waals surface area contributed by atoms with Crippen LogP contribution in [0.2, 0.25) is 10.0 Å². The molecule has 0 amide bonds. The van der Waals surface area contributed by atoms with Crippen LogP contribution >= 0.6 is 23.2 Å². The average Bonchev–Trinajstić information content (AvgIpc) is 2.54. The summed E-state index contributed by atoms with van der Waals surface area (Å²) in [6.45, 7) is 7.55. The van der Waals surface area contributed by atoms with Crippen LogP contribution in [0, 0.1) is 5.92 Å². The van der Waals surface area contributed by atoms with Gasteiger partial charge in [-0.05, 0) is 43.2 Å². The maximum absolute atomic E-state index is 6.14. The Kier molecular flexibility index (Phi) is 7.07. The number of ether oxygens (including phenoxy) is 2. The Morgan fingerprint density at radius 1 is 1.00 bits per heavy atom. The van der Waals surface area contributed by atoms with Crippen LogP contribution in [0.5, 0.6) is 11.5 Å². The maximum atomic E-state index is 6.14. The van der Waals surface area contributed by atoms with Crippen molar-refractivity contribution in [1.82, 2.24) is 0 Å². The number of rotatable bonds is 8. The minimum atomic E-state index is -0.0677. The summed E-state index contributed by atoms with van der Waals surface area (Å²) in [5.41, 5.74) is 0.954. The van der Waals surface area contributed by atoms with Crippen molar-refractivity contribution >= 4 is 28.9 Å². The number of halogens is 2. The van der Waals surface area contributed by atoms with E-state index in [9.17, 15) is 0 Å². The van der Waals surface area contributed by atoms with Gasteiger partial charge in [0.2, 0.25) is 0 Å². The molecule has 0 bridgehead atoms. The molecule has 0 saturated carbocycles. The molecule has 0 fully saturated rings. The lowest BCUT2D eigenvalue weighted by molar-refractivity contribution is 0.234. The van der Waals surface area contributed by atoms with Crippen LogP contribution in [-0.4, -0.2) is 19.3 Å². The van der Waals surface area contributed by atoms with E-state index in [-0.39, 0.29) is 6.10 Å². The smallest absolute Gasteiger partial charge is 0.142 e. The molecule has 0 aromatic heterocycles. The summed E-state index contributed by atoms with van der Waals surface area (Å²) in [6.07, 6.45) is -0.0677. The molecule has 3 nitrogen and oxygen atoms in total. The number of hydrogen-bond donors (Lipinski definition) is 1. The molecule has 2 rings (SSSR count). The molecule has 0 saturated heterocycles. The van der Waals surface area contributed by atoms with Gasteiger partial charge < -0.3 is 14.8 Å². The molecular weight excluding hydrogens is 345 g/mol. The molecule has 1 atom stereocenters. The minimum Gasteiger partial charge on any atom is -0.491 e. The van der Waals surface area contributed by atoms with E-state index < -0.39 is 0 Å². The Labute approximate surface area is 153 Å². The Balaban J connectivity index is 1.92. The molecule has 0 spiro atoms. The normalized spacial score (nSPS) is 12.1. The van der Waals surface area contributed by atoms with Crippen molar-refractivity contribution < 1.29 is 9.47 Å². The zero-order chi connectivity index (χ0) is 17.5. The van der Waals surface area contributed by atoms with Gasteiger partial charge in [-0.1, -0.05) is 49.2 Å². The van der Waals surface area contributed by atoms with Crippen LogP contribution < -0.4 is 14.8 Å². The highest BCUT2D eigenvalue weighted by molar-refractivity contribution is 6.35. The molecule has 0 aliphatic carbocycles. The summed E-state index contributed by atoms with van der Waals surface area (Å²) in [6, 6.07) is 13.1. The Morgan fingerprint density at radius 2 is 1.75 bits per heavy atom. The van der Waals surface area contributed by atoms with E-state index in [1.165, 1.54) is 0 Å². The lowest BCUT2D eigenvalue weighted by Gasteiger charge is -2.19. The molecular formula is C19H23Cl2NO2. The lowest BCUT2D eigenvalue weighted by Crippen LogP contribution is -2.23. The van der Waals surface area contributed by atoms with Crippen molar-refractivity contribution in [1.29, 1.82) is 0 Å². The third kappa shape index (κ3) is 5.81. The standard InChI is InChI=1S/C19H23Cl2NO2/c1-13(2)12-23-19-7-5-4-6-17(19)22-11-14(3)24-18-9-8-15(20)10-16(18)21/h4-10,13-14,22H,11-12H2,1-3H3. The van der Waals surface area contributed by atoms with Crippen LogP contribution in [0.1, 0.15) is 20.8 Å². The molecule has 24 heavy (non-hydrogen) atoms. The molecule has 0 aliphatic rings. The first-order valence-corrected chi connectivity index (χ1v) is 8.78. The molecule has 0 heterocycles. The SMILES string of the molecule is CC(C)COc1ccccc1NCC(C)Oc1ccc(Cl)cc1Cl. The molecule has 5 heteroatoms. The Morgan fingerprint density at radius 3 is 2.46 bits per heavy atom. The zero-order valence-corrected chi connectivity index (χ0v) is 15.7. The first kappa shape index (κ1) is 18.8. The monoisotopic (exact) mass is 367 g/mol. The van der Waals surface area contributed by atoms with Gasteiger partial charge in [0.05, 0.1) is 23.9 Å². The van der Waals surface area contributed by atoms with Gasteiger partial charge >= 0.3 is 0 Å². The van der Waals surface area contributed by atoms with Crippen molar-refractivity contribution in [2.45, 2.75) is 26.9 Å². The van der Waals surface area contributed by atoms with Crippen LogP contribution in [-0.2, 0) is 0 Å². The van der Waals surface area contributed by atoms with Gasteiger partial charge in [0.25, 0.3) is 0 Å². The first-order chi connectivity index (χ1) is 11.5. The van der Waals surface area contributed by atoms with E-state index in [1.807, 2.05) is 31.2 Å². The van der Waals surface area contributed by atoms with Gasteiger partial charge in [0.1, 0.15) is 17.6 Å². The molecule has 0 aliphatic heterocycles. The predicted octanol–water partition coefficient (Wildman–Crippen LogP) is 5.91. The highest BCUT2D eigenvalue weighted by atomic mass is 35.5. The quantitative estimate of drug-likeness (QED) is 0.629. The second kappa shape index (κ2) is 9.05. The minimum absolute atomic E-state index is 0.0677. The largest absolute Gasteiger partial charge is 0.491 e. The predicted molar refractivity (Wildman–Crippen MR) is 102 cm³/mol. The second-order valence-electron chi connectivity index (χ2n) is 6.09. The Bertz CT molecular complexity index is 662. The van der Waals surface area contributed by atoms with Crippen LogP contribution in [0.3, 0.4) is 0 Å². The van der Waals surface area contributed by atoms with E-state index in [0.717, 1.165) is 11.4 Å². The number of benzene rings is 2. The van der Waals surface area contributed by atoms with Crippen molar-refractivity contribution in [2.75, 3.05) is 18.5 Å². The third-order valence-electron chi connectivity index (χ3n) is 3.26. The highest BCUT2D eigenvalue weighted by Gasteiger charge is 2.10. The van der Waals surface area contributed by atoms with E-state index in [4.69, 9.17) is 32.7 Å². The molecule has 1 N–H and O–H groups in total. The second-order valence-corrected chi connectivity index (χ2v) is 6.93. The van der Waals surface area contributed by atoms with Crippen LogP contribution in [0.15, 0.2) is 42.5 Å². The van der Waals surface area contributed by atoms with Gasteiger partial charge in [-0.2, -0.15) is 0 Å². The lowest BCUT2D eigenvalue weighted by atomic mass is 10.2. The van der Waals surface area contributed by atoms with E-state index in [2.05, 4.69) is 19.2 Å². The fourth-order valence-corrected chi connectivity index (χ4v) is 2.53. The van der Waals surface area contributed by atoms with E-state index in [0.29, 0.717) is 34.9 Å². The van der Waals surface area contributed by atoms with E-state index in [1.54, 1.807) is 18.2 Å². The topological polar surface area (TPSA) is 30.5 Å². The van der Waals surface area contributed by atoms with Crippen molar-refractivity contribution in [3.63, 3.8) is 0 Å². The summed E-state index contributed by atoms with van der Waals surface area (Å²) in [4.78, 5) is 0. The molecule has 2 aromatic carbocycles. The fourth-order valence-electron chi connectivity index (χ4n) is 2.08. The fraction of sp³-hybridized carbons (Fsp3) is 0.368. The van der Waals surface area contributed by atoms with Gasteiger partial charge in [-0.25, -0.2) is 0 Å². The Hall–Kier alpha value is -1.58. The number of nitrogens with one attached hydrogen (secondary N) is 1. The van der Waals surface area contributed by atoms with Crippen molar-refractivity contribution in [2.24, 2.45) is 5.92 Å². The summed E-state index contributed by atoms with van der Waals surface area (Å²) >= 11 is 12.0. The zero-order valence-electron chi connectivity index (χ0n) is 14.2. The molecule has 2 aromatic rings. The number of hydrogen-bond acceptors (Lipinski definition) is 3. The van der Waals surface area contributed by atoms with Gasteiger partial charge in [-0.15, -0.1) is 0 Å². The number of anilines is 1. The van der Waals surface area contributed by atoms with Crippen molar-refractivity contribution in [3.05, 3.63) is 52.5 Å². The summed E-state index contributed by atoms with van der Waals surface area (Å²) in [5.74, 6) is 1.95. The highest BCUT2D eigenvalue weighted by Crippen LogP contribution is 2.29. The van der Waals surface area contributed by atoms with Gasteiger partial charge in [0.15, 0.2) is 0 Å². The molecule has 0 radical (unpaired) electrons. The molecule has 1 unspecified atom stereocenters. The summed E-state index contributed by atoms with van der Waals surface area (Å²) in [5, 5.41) is 4.47. The first-order valence-electron chi connectivity index (χ1n) is 8.03. The summed E-state index contributed by atoms with van der Waals surface area (Å²) in [7, 11) is 0. The molecule has 130 valence electrons. The number of para-hydroxylation sites is 2. The summed E-state index contributed by atoms with van der Waals surface area (Å²) < 4.78 is 11.7. The van der Waals surface area contributed by atoms with Gasteiger partial charge in [-0.3, -0.25) is 0 Å². The third-order valence-corrected chi connectivity index (χ3v) is 3.79. The van der Waals surface area contributed by atoms with Crippen LogP contribution in [0.4, 0.5) is 5.69 Å². The van der Waals surface area contributed by atoms with Gasteiger partial charge in [0, 0.05) is 5.02 Å². The van der Waals surface area contributed by atoms with Crippen LogP contribution in [0.25, 0.3) is 0 Å².